The van der Waals surface area contributed by atoms with Gasteiger partial charge >= 0.3 is 0 Å². The van der Waals surface area contributed by atoms with Gasteiger partial charge in [-0.2, -0.15) is 27.9 Å². The summed E-state index contributed by atoms with van der Waals surface area (Å²) in [6.07, 6.45) is -1.35. The topological polar surface area (TPSA) is 404 Å². The number of halogens is 1. The number of allylic oxidation sites excluding steroid dienone is 2. The quantitative estimate of drug-likeness (QED) is 0.0118. The first-order chi connectivity index (χ1) is 33.5. The predicted molar refractivity (Wildman–Crippen MR) is 252 cm³/mol. The maximum absolute atomic E-state index is 14.0. The minimum absolute atomic E-state index is 0.00493. The van der Waals surface area contributed by atoms with Gasteiger partial charge in [-0.05, 0) is 42.3 Å². The van der Waals surface area contributed by atoms with Crippen molar-refractivity contribution < 1.29 is 84.9 Å². The Bertz CT molecular complexity index is 2930. The molecule has 2 aromatic heterocycles. The van der Waals surface area contributed by atoms with Gasteiger partial charge in [0.1, 0.15) is 35.9 Å². The SMILES string of the molecule is CS(=O)(=O)NC(=O)COCCOc1cc(N(CC(=O)C(O)CO)CC(=O)C(O)CO)ccc1C1=C([O-])C(=Cc2sc3cc(C(=O)NCCNc4nc(N)nc(Cl)n4)ccc3[n+]2CCCCS(=O)(=O)O)C1=O. The van der Waals surface area contributed by atoms with Crippen LogP contribution in [-0.4, -0.2) is 169 Å². The van der Waals surface area contributed by atoms with E-state index in [2.05, 4.69) is 25.6 Å². The number of sulfonamides is 1. The van der Waals surface area contributed by atoms with Crippen molar-refractivity contribution in [2.75, 3.05) is 87.2 Å². The average Bonchev–Trinajstić information content (AvgIpc) is 3.65. The third kappa shape index (κ3) is 15.9. The van der Waals surface area contributed by atoms with Gasteiger partial charge in [-0.1, -0.05) is 17.1 Å². The number of amides is 2. The van der Waals surface area contributed by atoms with Crippen molar-refractivity contribution in [1.29, 1.82) is 0 Å². The van der Waals surface area contributed by atoms with E-state index < -0.39 is 106 Å². The summed E-state index contributed by atoms with van der Waals surface area (Å²) in [7, 11) is -8.16. The van der Waals surface area contributed by atoms with Crippen LogP contribution in [0.4, 0.5) is 17.6 Å². The molecule has 2 heterocycles. The van der Waals surface area contributed by atoms with Crippen LogP contribution >= 0.6 is 22.9 Å². The molecule has 0 saturated heterocycles. The second-order valence-electron chi connectivity index (χ2n) is 15.4. The van der Waals surface area contributed by atoms with E-state index in [4.69, 9.17) is 26.8 Å². The summed E-state index contributed by atoms with van der Waals surface area (Å²) in [6, 6.07) is 8.53. The highest BCUT2D eigenvalue weighted by atomic mass is 35.5. The Labute approximate surface area is 413 Å². The van der Waals surface area contributed by atoms with Crippen LogP contribution < -0.4 is 40.4 Å². The minimum Gasteiger partial charge on any atom is -0.871 e. The first-order valence-electron chi connectivity index (χ1n) is 21.0. The molecule has 0 spiro atoms. The van der Waals surface area contributed by atoms with E-state index in [0.29, 0.717) is 15.2 Å². The lowest BCUT2D eigenvalue weighted by Crippen LogP contribution is -2.42. The van der Waals surface area contributed by atoms with Crippen molar-refractivity contribution in [3.8, 4) is 5.75 Å². The molecule has 5 rings (SSSR count). The van der Waals surface area contributed by atoms with E-state index in [1.807, 2.05) is 0 Å². The van der Waals surface area contributed by atoms with Crippen LogP contribution in [-0.2, 0) is 50.6 Å². The summed E-state index contributed by atoms with van der Waals surface area (Å²) in [5, 5.41) is 58.6. The molecule has 1 aliphatic rings. The largest absolute Gasteiger partial charge is 0.871 e. The minimum atomic E-state index is -4.28. The molecular formula is C41H48ClN9O17S3. The molecule has 0 fully saturated rings. The Hall–Kier alpha value is -6.28. The van der Waals surface area contributed by atoms with Gasteiger partial charge in [0.2, 0.25) is 32.7 Å². The van der Waals surface area contributed by atoms with Crippen LogP contribution in [0.1, 0.15) is 33.8 Å². The molecule has 30 heteroatoms. The number of nitrogens with one attached hydrogen (secondary N) is 3. The van der Waals surface area contributed by atoms with Crippen molar-refractivity contribution >= 4 is 112 Å². The van der Waals surface area contributed by atoms with Gasteiger partial charge in [0.15, 0.2) is 23.9 Å². The number of anilines is 3. The van der Waals surface area contributed by atoms with Crippen LogP contribution in [0.25, 0.3) is 21.9 Å². The van der Waals surface area contributed by atoms with E-state index in [1.54, 1.807) is 27.5 Å². The lowest BCUT2D eigenvalue weighted by atomic mass is 9.83. The second kappa shape index (κ2) is 24.7. The summed E-state index contributed by atoms with van der Waals surface area (Å²) >= 11 is 6.92. The number of hydrogen-bond acceptors (Lipinski definition) is 23. The molecule has 1 aliphatic carbocycles. The normalized spacial score (nSPS) is 14.2. The Morgan fingerprint density at radius 3 is 2.28 bits per heavy atom. The van der Waals surface area contributed by atoms with Crippen LogP contribution in [0.3, 0.4) is 0 Å². The summed E-state index contributed by atoms with van der Waals surface area (Å²) < 4.78 is 70.1. The Morgan fingerprint density at radius 2 is 1.66 bits per heavy atom. The maximum Gasteiger partial charge on any atom is 0.264 e. The number of nitrogens with two attached hydrogens (primary N) is 1. The number of nitrogens with zero attached hydrogens (tertiary/aromatic N) is 5. The molecule has 26 nitrogen and oxygen atoms in total. The lowest BCUT2D eigenvalue weighted by molar-refractivity contribution is -0.669. The molecule has 10 N–H and O–H groups in total. The van der Waals surface area contributed by atoms with Crippen molar-refractivity contribution in [2.45, 2.75) is 31.6 Å². The summed E-state index contributed by atoms with van der Waals surface area (Å²) in [6.45, 7) is -4.32. The van der Waals surface area contributed by atoms with E-state index in [0.717, 1.165) is 22.5 Å². The number of ketones is 3. The summed E-state index contributed by atoms with van der Waals surface area (Å²) in [4.78, 5) is 77.2. The zero-order valence-corrected chi connectivity index (χ0v) is 40.6. The molecule has 2 atom stereocenters. The standard InChI is InChI=1S/C41H48ClN9O17S3/c1-70(62,63)49-33(58)21-67-11-12-68-31-15-23(50(17-27(54)29(56)19-52)18-28(55)30(57)20-53)5-6-24(31)35-36(59)25(37(35)60)16-34-51(10-2-3-13-71(64,65)66)26-7-4-22(14-32(26)69-34)38(61)44-8-9-45-41-47-39(42)46-40(43)48-41/h4-7,14-16,29-30,52-53,56-57H,2-3,8-13,17-21H2,1H3,(H6-,43,44,45,46,47,48,49,58,59,60,61,64,65,66). The molecule has 4 aromatic rings. The molecule has 0 saturated carbocycles. The highest BCUT2D eigenvalue weighted by Gasteiger charge is 2.33. The molecular weight excluding hydrogens is 1020 g/mol. The van der Waals surface area contributed by atoms with Gasteiger partial charge < -0.3 is 56.3 Å². The lowest BCUT2D eigenvalue weighted by Gasteiger charge is -2.32. The molecule has 2 unspecified atom stereocenters. The third-order valence-electron chi connectivity index (χ3n) is 9.96. The highest BCUT2D eigenvalue weighted by molar-refractivity contribution is 7.89. The molecule has 0 radical (unpaired) electrons. The fourth-order valence-corrected chi connectivity index (χ4v) is 9.00. The van der Waals surface area contributed by atoms with Gasteiger partial charge in [0.25, 0.3) is 26.9 Å². The zero-order chi connectivity index (χ0) is 52.2. The number of aliphatic hydroxyl groups excluding tert-OH is 4. The van der Waals surface area contributed by atoms with Gasteiger partial charge in [-0.3, -0.25) is 33.2 Å². The van der Waals surface area contributed by atoms with Crippen molar-refractivity contribution in [2.24, 2.45) is 0 Å². The number of carbonyl (C=O) groups is 5. The van der Waals surface area contributed by atoms with Gasteiger partial charge in [-0.15, -0.1) is 0 Å². The van der Waals surface area contributed by atoms with Gasteiger partial charge in [-0.25, -0.2) is 8.42 Å². The summed E-state index contributed by atoms with van der Waals surface area (Å²) in [5.74, 6) is -5.59. The molecule has 71 heavy (non-hydrogen) atoms. The Morgan fingerprint density at radius 1 is 0.972 bits per heavy atom. The van der Waals surface area contributed by atoms with E-state index in [1.165, 1.54) is 24.3 Å². The summed E-state index contributed by atoms with van der Waals surface area (Å²) in [5.41, 5.74) is 5.66. The maximum atomic E-state index is 14.0. The number of hydrogen-bond donors (Lipinski definition) is 9. The number of aryl methyl sites for hydroxylation is 1. The van der Waals surface area contributed by atoms with E-state index in [9.17, 15) is 70.9 Å². The Kier molecular flexibility index (Phi) is 19.4. The average molecular weight is 1070 g/mol. The van der Waals surface area contributed by atoms with E-state index >= 15 is 0 Å². The highest BCUT2D eigenvalue weighted by Crippen LogP contribution is 2.41. The van der Waals surface area contributed by atoms with Crippen molar-refractivity contribution in [3.63, 3.8) is 0 Å². The number of aromatic nitrogens is 4. The number of carbonyl (C=O) groups excluding carboxylic acids is 5. The van der Waals surface area contributed by atoms with Crippen LogP contribution in [0.2, 0.25) is 5.28 Å². The van der Waals surface area contributed by atoms with Gasteiger partial charge in [0, 0.05) is 65.7 Å². The molecule has 0 bridgehead atoms. The van der Waals surface area contributed by atoms with Crippen LogP contribution in [0, 0.1) is 0 Å². The number of fused-ring (bicyclic) bond motifs is 1. The number of thiazole rings is 1. The molecule has 2 amide bonds. The number of unbranched alkanes of at least 4 members (excludes halogenated alkanes) is 1. The fourth-order valence-electron chi connectivity index (χ4n) is 6.62. The third-order valence-corrected chi connectivity index (χ3v) is 12.6. The first kappa shape index (κ1) is 55.6. The Balaban J connectivity index is 1.47. The molecule has 384 valence electrons. The second-order valence-corrected chi connectivity index (χ2v) is 20.1. The van der Waals surface area contributed by atoms with Crippen LogP contribution in [0.15, 0.2) is 47.7 Å². The number of ether oxygens (including phenoxy) is 2. The predicted octanol–water partition coefficient (Wildman–Crippen LogP) is -3.02. The smallest absolute Gasteiger partial charge is 0.264 e. The number of benzene rings is 2. The zero-order valence-electron chi connectivity index (χ0n) is 37.4. The first-order valence-corrected chi connectivity index (χ1v) is 25.7. The molecule has 2 aromatic carbocycles. The fraction of sp³-hybridized carbons (Fsp3) is 0.390. The van der Waals surface area contributed by atoms with E-state index in [-0.39, 0.29) is 96.6 Å². The van der Waals surface area contributed by atoms with Gasteiger partial charge in [0.05, 0.1) is 44.9 Å². The van der Waals surface area contributed by atoms with Crippen molar-refractivity contribution in [1.82, 2.24) is 25.0 Å². The number of aliphatic hydroxyl groups is 4. The van der Waals surface area contributed by atoms with Crippen LogP contribution in [0.5, 0.6) is 5.75 Å². The molecule has 0 aliphatic heterocycles. The number of nitrogen functional groups attached to an aromatic ring is 1. The van der Waals surface area contributed by atoms with Crippen molar-refractivity contribution in [3.05, 3.63) is 69.1 Å². The number of Topliss-reactive ketones (excluding diaryl/α,β-unsaturated/α-hetero) is 3. The monoisotopic (exact) mass is 1070 g/mol. The number of rotatable bonds is 28.